The van der Waals surface area contributed by atoms with Gasteiger partial charge < -0.3 is 10.2 Å². The molecule has 1 unspecified atom stereocenters. The second-order valence-corrected chi connectivity index (χ2v) is 5.26. The molecule has 106 valence electrons. The van der Waals surface area contributed by atoms with E-state index in [0.717, 1.165) is 18.1 Å². The van der Waals surface area contributed by atoms with Gasteiger partial charge in [-0.2, -0.15) is 5.10 Å². The molecule has 0 radical (unpaired) electrons. The number of nitrogens with zero attached hydrogens (tertiary/aromatic N) is 5. The number of likely N-dealkylation sites (tertiary alicyclic amines) is 1. The Morgan fingerprint density at radius 3 is 3.00 bits per heavy atom. The van der Waals surface area contributed by atoms with Crippen LogP contribution in [0.15, 0.2) is 31.0 Å². The Morgan fingerprint density at radius 1 is 1.35 bits per heavy atom. The molecule has 1 saturated heterocycles. The topological polar surface area (TPSA) is 58.9 Å². The molecule has 1 N–H and O–H groups in total. The van der Waals surface area contributed by atoms with E-state index in [1.807, 2.05) is 18.3 Å². The molecule has 0 spiro atoms. The van der Waals surface area contributed by atoms with Crippen molar-refractivity contribution in [2.45, 2.75) is 25.3 Å². The van der Waals surface area contributed by atoms with Crippen LogP contribution in [0.5, 0.6) is 0 Å². The maximum atomic E-state index is 4.39. The number of rotatable bonds is 4. The molecular weight excluding hydrogens is 252 g/mol. The van der Waals surface area contributed by atoms with Gasteiger partial charge in [-0.25, -0.2) is 14.6 Å². The molecule has 0 aromatic carbocycles. The third kappa shape index (κ3) is 2.96. The highest BCUT2D eigenvalue weighted by Gasteiger charge is 2.18. The Bertz CT molecular complexity index is 521. The van der Waals surface area contributed by atoms with Gasteiger partial charge in [0.15, 0.2) is 5.82 Å². The van der Waals surface area contributed by atoms with E-state index in [2.05, 4.69) is 32.3 Å². The second-order valence-electron chi connectivity index (χ2n) is 5.26. The predicted octanol–water partition coefficient (Wildman–Crippen LogP) is 1.56. The van der Waals surface area contributed by atoms with Gasteiger partial charge >= 0.3 is 0 Å². The van der Waals surface area contributed by atoms with E-state index in [0.29, 0.717) is 6.04 Å². The zero-order valence-corrected chi connectivity index (χ0v) is 11.7. The summed E-state index contributed by atoms with van der Waals surface area (Å²) in [5.74, 6) is 0.780. The van der Waals surface area contributed by atoms with E-state index in [1.165, 1.54) is 32.1 Å². The smallest absolute Gasteiger partial charge is 0.155 e. The minimum absolute atomic E-state index is 0.624. The summed E-state index contributed by atoms with van der Waals surface area (Å²) in [5.41, 5.74) is 1.05. The zero-order chi connectivity index (χ0) is 13.8. The molecule has 20 heavy (non-hydrogen) atoms. The van der Waals surface area contributed by atoms with Gasteiger partial charge in [0.05, 0.1) is 11.9 Å². The predicted molar refractivity (Wildman–Crippen MR) is 77.9 cm³/mol. The fourth-order valence-corrected chi connectivity index (χ4v) is 2.59. The number of likely N-dealkylation sites (N-methyl/N-ethyl adjacent to an activating group) is 1. The van der Waals surface area contributed by atoms with Crippen molar-refractivity contribution >= 4 is 5.69 Å². The van der Waals surface area contributed by atoms with Gasteiger partial charge in [-0.1, -0.05) is 6.42 Å². The molecule has 2 aromatic heterocycles. The molecule has 1 atom stereocenters. The first-order valence-corrected chi connectivity index (χ1v) is 7.08. The van der Waals surface area contributed by atoms with Crippen molar-refractivity contribution in [1.29, 1.82) is 0 Å². The largest absolute Gasteiger partial charge is 0.382 e. The first-order chi connectivity index (χ1) is 9.83. The lowest BCUT2D eigenvalue weighted by molar-refractivity contribution is 0.194. The van der Waals surface area contributed by atoms with Crippen LogP contribution in [-0.4, -0.2) is 50.8 Å². The first kappa shape index (κ1) is 13.1. The summed E-state index contributed by atoms with van der Waals surface area (Å²) in [5, 5.41) is 7.53. The number of nitrogens with one attached hydrogen (secondary N) is 1. The highest BCUT2D eigenvalue weighted by Crippen LogP contribution is 2.16. The lowest BCUT2D eigenvalue weighted by Gasteiger charge is -2.32. The average molecular weight is 272 g/mol. The zero-order valence-electron chi connectivity index (χ0n) is 11.7. The van der Waals surface area contributed by atoms with Crippen LogP contribution in [0.3, 0.4) is 0 Å². The van der Waals surface area contributed by atoms with Gasteiger partial charge in [0.2, 0.25) is 0 Å². The molecule has 6 nitrogen and oxygen atoms in total. The van der Waals surface area contributed by atoms with Crippen LogP contribution < -0.4 is 5.32 Å². The van der Waals surface area contributed by atoms with Crippen molar-refractivity contribution in [3.8, 4) is 5.82 Å². The highest BCUT2D eigenvalue weighted by molar-refractivity contribution is 5.43. The van der Waals surface area contributed by atoms with Gasteiger partial charge in [-0.15, -0.1) is 0 Å². The van der Waals surface area contributed by atoms with Gasteiger partial charge in [-0.05, 0) is 38.6 Å². The average Bonchev–Trinajstić information content (AvgIpc) is 3.01. The Kier molecular flexibility index (Phi) is 3.92. The molecule has 0 aliphatic carbocycles. The Morgan fingerprint density at radius 2 is 2.30 bits per heavy atom. The standard InChI is InChI=1S/C14H20N6/c1-19-7-3-2-4-13(19)9-16-12-5-6-14(17-8-12)20-11-15-10-18-20/h5-6,8,10-11,13,16H,2-4,7,9H2,1H3. The van der Waals surface area contributed by atoms with Crippen molar-refractivity contribution < 1.29 is 0 Å². The Labute approximate surface area is 118 Å². The van der Waals surface area contributed by atoms with Crippen LogP contribution >= 0.6 is 0 Å². The lowest BCUT2D eigenvalue weighted by Crippen LogP contribution is -2.40. The van der Waals surface area contributed by atoms with Crippen LogP contribution in [0.2, 0.25) is 0 Å². The molecule has 2 aromatic rings. The summed E-state index contributed by atoms with van der Waals surface area (Å²) >= 11 is 0. The molecule has 0 bridgehead atoms. The van der Waals surface area contributed by atoms with Gasteiger partial charge in [0.25, 0.3) is 0 Å². The number of aromatic nitrogens is 4. The van der Waals surface area contributed by atoms with Crippen molar-refractivity contribution in [2.24, 2.45) is 0 Å². The molecular formula is C14H20N6. The minimum Gasteiger partial charge on any atom is -0.382 e. The minimum atomic E-state index is 0.624. The highest BCUT2D eigenvalue weighted by atomic mass is 15.3. The Hall–Kier alpha value is -1.95. The van der Waals surface area contributed by atoms with Crippen LogP contribution in [0, 0.1) is 0 Å². The summed E-state index contributed by atoms with van der Waals surface area (Å²) in [7, 11) is 2.21. The van der Waals surface area contributed by atoms with E-state index in [9.17, 15) is 0 Å². The first-order valence-electron chi connectivity index (χ1n) is 7.08. The summed E-state index contributed by atoms with van der Waals surface area (Å²) in [4.78, 5) is 10.7. The van der Waals surface area contributed by atoms with E-state index in [4.69, 9.17) is 0 Å². The summed E-state index contributed by atoms with van der Waals surface area (Å²) in [6.45, 7) is 2.18. The monoisotopic (exact) mass is 272 g/mol. The fourth-order valence-electron chi connectivity index (χ4n) is 2.59. The lowest BCUT2D eigenvalue weighted by atomic mass is 10.0. The molecule has 6 heteroatoms. The molecule has 1 fully saturated rings. The van der Waals surface area contributed by atoms with Crippen LogP contribution in [-0.2, 0) is 0 Å². The van der Waals surface area contributed by atoms with Crippen LogP contribution in [0.1, 0.15) is 19.3 Å². The number of anilines is 1. The Balaban J connectivity index is 1.58. The number of hydrogen-bond acceptors (Lipinski definition) is 5. The second kappa shape index (κ2) is 6.00. The molecule has 0 saturated carbocycles. The van der Waals surface area contributed by atoms with Crippen molar-refractivity contribution in [1.82, 2.24) is 24.6 Å². The summed E-state index contributed by atoms with van der Waals surface area (Å²) in [6.07, 6.45) is 8.92. The molecule has 0 amide bonds. The maximum Gasteiger partial charge on any atom is 0.155 e. The maximum absolute atomic E-state index is 4.39. The van der Waals surface area contributed by atoms with E-state index >= 15 is 0 Å². The SMILES string of the molecule is CN1CCCCC1CNc1ccc(-n2cncn2)nc1. The third-order valence-electron chi connectivity index (χ3n) is 3.86. The van der Waals surface area contributed by atoms with E-state index in [-0.39, 0.29) is 0 Å². The number of pyridine rings is 1. The fraction of sp³-hybridized carbons (Fsp3) is 0.500. The van der Waals surface area contributed by atoms with E-state index < -0.39 is 0 Å². The van der Waals surface area contributed by atoms with Crippen LogP contribution in [0.25, 0.3) is 5.82 Å². The number of hydrogen-bond donors (Lipinski definition) is 1. The van der Waals surface area contributed by atoms with E-state index in [1.54, 1.807) is 11.0 Å². The molecule has 1 aliphatic heterocycles. The van der Waals surface area contributed by atoms with Gasteiger partial charge in [0, 0.05) is 12.6 Å². The van der Waals surface area contributed by atoms with Gasteiger partial charge in [-0.3, -0.25) is 0 Å². The normalized spacial score (nSPS) is 19.9. The number of piperidine rings is 1. The molecule has 3 heterocycles. The molecule has 1 aliphatic rings. The van der Waals surface area contributed by atoms with Gasteiger partial charge in [0.1, 0.15) is 12.7 Å². The summed E-state index contributed by atoms with van der Waals surface area (Å²) < 4.78 is 1.65. The third-order valence-corrected chi connectivity index (χ3v) is 3.86. The quantitative estimate of drug-likeness (QED) is 0.915. The van der Waals surface area contributed by atoms with Crippen molar-refractivity contribution in [2.75, 3.05) is 25.5 Å². The van der Waals surface area contributed by atoms with Crippen LogP contribution in [0.4, 0.5) is 5.69 Å². The van der Waals surface area contributed by atoms with Crippen molar-refractivity contribution in [3.05, 3.63) is 31.0 Å². The summed E-state index contributed by atoms with van der Waals surface area (Å²) in [6, 6.07) is 4.60. The molecule has 3 rings (SSSR count). The van der Waals surface area contributed by atoms with Crippen molar-refractivity contribution in [3.63, 3.8) is 0 Å².